The molecule has 0 radical (unpaired) electrons. The van der Waals surface area contributed by atoms with Gasteiger partial charge in [0.05, 0.1) is 25.5 Å². The minimum atomic E-state index is -2.15. The summed E-state index contributed by atoms with van der Waals surface area (Å²) < 4.78 is 19.8. The van der Waals surface area contributed by atoms with Gasteiger partial charge in [0.25, 0.3) is 0 Å². The standard InChI is InChI=1S/C13H19NO7/c1-5-18-10(15)9-14-8(4)13(21-9,11(16)19-6-2)12(17)20-7-3/h9H,5-7H2,1-4H3. The van der Waals surface area contributed by atoms with Crippen LogP contribution in [0.15, 0.2) is 4.99 Å². The van der Waals surface area contributed by atoms with E-state index in [0.717, 1.165) is 0 Å². The van der Waals surface area contributed by atoms with Gasteiger partial charge in [0, 0.05) is 0 Å². The van der Waals surface area contributed by atoms with Gasteiger partial charge in [0.15, 0.2) is 0 Å². The number of nitrogens with zero attached hydrogens (tertiary/aromatic N) is 1. The van der Waals surface area contributed by atoms with Gasteiger partial charge >= 0.3 is 23.5 Å². The molecule has 1 heterocycles. The molecule has 1 aliphatic heterocycles. The Bertz CT molecular complexity index is 439. The largest absolute Gasteiger partial charge is 0.463 e. The predicted octanol–water partition coefficient (Wildman–Crippen LogP) is 0.232. The minimum Gasteiger partial charge on any atom is -0.463 e. The number of carbonyl (C=O) groups excluding carboxylic acids is 3. The number of hydrogen-bond donors (Lipinski definition) is 0. The molecule has 1 rings (SSSR count). The summed E-state index contributed by atoms with van der Waals surface area (Å²) in [7, 11) is 0. The van der Waals surface area contributed by atoms with E-state index in [0.29, 0.717) is 0 Å². The van der Waals surface area contributed by atoms with Crippen molar-refractivity contribution in [1.29, 1.82) is 0 Å². The number of aliphatic imine (C=N–C) groups is 1. The fourth-order valence-electron chi connectivity index (χ4n) is 1.80. The van der Waals surface area contributed by atoms with Crippen LogP contribution < -0.4 is 0 Å². The minimum absolute atomic E-state index is 0.00236. The maximum absolute atomic E-state index is 12.1. The van der Waals surface area contributed by atoms with Crippen LogP contribution in [0.5, 0.6) is 0 Å². The van der Waals surface area contributed by atoms with Crippen molar-refractivity contribution in [2.45, 2.75) is 39.5 Å². The van der Waals surface area contributed by atoms with Crippen LogP contribution in [0.3, 0.4) is 0 Å². The summed E-state index contributed by atoms with van der Waals surface area (Å²) in [6.07, 6.45) is -1.39. The lowest BCUT2D eigenvalue weighted by Crippen LogP contribution is -2.55. The summed E-state index contributed by atoms with van der Waals surface area (Å²) in [5.41, 5.74) is -2.15. The number of rotatable bonds is 6. The summed E-state index contributed by atoms with van der Waals surface area (Å²) in [4.78, 5) is 39.8. The van der Waals surface area contributed by atoms with Gasteiger partial charge in [-0.3, -0.25) is 0 Å². The zero-order valence-electron chi connectivity index (χ0n) is 12.5. The van der Waals surface area contributed by atoms with E-state index >= 15 is 0 Å². The molecule has 0 fully saturated rings. The second-order valence-electron chi connectivity index (χ2n) is 4.06. The van der Waals surface area contributed by atoms with Crippen molar-refractivity contribution in [2.24, 2.45) is 4.99 Å². The van der Waals surface area contributed by atoms with Gasteiger partial charge in [-0.05, 0) is 27.7 Å². The molecule has 0 N–H and O–H groups in total. The Morgan fingerprint density at radius 1 is 1.05 bits per heavy atom. The monoisotopic (exact) mass is 301 g/mol. The van der Waals surface area contributed by atoms with Crippen LogP contribution in [0.1, 0.15) is 27.7 Å². The Morgan fingerprint density at radius 2 is 1.52 bits per heavy atom. The molecule has 8 nitrogen and oxygen atoms in total. The molecule has 0 spiro atoms. The summed E-state index contributed by atoms with van der Waals surface area (Å²) in [6, 6.07) is 0. The Morgan fingerprint density at radius 3 is 1.95 bits per heavy atom. The summed E-state index contributed by atoms with van der Waals surface area (Å²) in [5, 5.41) is 0. The molecule has 1 aliphatic rings. The van der Waals surface area contributed by atoms with E-state index in [9.17, 15) is 14.4 Å². The average molecular weight is 301 g/mol. The maximum Gasteiger partial charge on any atom is 0.358 e. The highest BCUT2D eigenvalue weighted by atomic mass is 16.6. The van der Waals surface area contributed by atoms with Gasteiger partial charge in [-0.15, -0.1) is 0 Å². The Hall–Kier alpha value is -1.96. The molecule has 0 bridgehead atoms. The van der Waals surface area contributed by atoms with E-state index in [-0.39, 0.29) is 25.5 Å². The lowest BCUT2D eigenvalue weighted by Gasteiger charge is -2.24. The summed E-state index contributed by atoms with van der Waals surface area (Å²) in [5.74, 6) is -2.71. The van der Waals surface area contributed by atoms with Crippen LogP contribution in [-0.2, 0) is 33.3 Å². The molecule has 1 atom stereocenters. The van der Waals surface area contributed by atoms with Gasteiger partial charge in [-0.25, -0.2) is 19.4 Å². The van der Waals surface area contributed by atoms with E-state index < -0.39 is 29.7 Å². The average Bonchev–Trinajstić information content (AvgIpc) is 2.78. The molecular formula is C13H19NO7. The molecule has 21 heavy (non-hydrogen) atoms. The first-order chi connectivity index (χ1) is 9.93. The third kappa shape index (κ3) is 3.21. The van der Waals surface area contributed by atoms with Crippen LogP contribution in [0.4, 0.5) is 0 Å². The fourth-order valence-corrected chi connectivity index (χ4v) is 1.80. The van der Waals surface area contributed by atoms with Gasteiger partial charge in [0.2, 0.25) is 6.23 Å². The van der Waals surface area contributed by atoms with Gasteiger partial charge in [0.1, 0.15) is 0 Å². The third-order valence-electron chi connectivity index (χ3n) is 2.72. The van der Waals surface area contributed by atoms with E-state index in [1.54, 1.807) is 20.8 Å². The first-order valence-corrected chi connectivity index (χ1v) is 6.67. The van der Waals surface area contributed by atoms with Crippen molar-refractivity contribution in [1.82, 2.24) is 0 Å². The first-order valence-electron chi connectivity index (χ1n) is 6.67. The van der Waals surface area contributed by atoms with Crippen LogP contribution in [0.2, 0.25) is 0 Å². The molecule has 0 aromatic heterocycles. The maximum atomic E-state index is 12.1. The van der Waals surface area contributed by atoms with Crippen molar-refractivity contribution in [3.63, 3.8) is 0 Å². The molecule has 0 aromatic rings. The Balaban J connectivity index is 3.10. The summed E-state index contributed by atoms with van der Waals surface area (Å²) in [6.45, 7) is 6.39. The van der Waals surface area contributed by atoms with Crippen molar-refractivity contribution >= 4 is 23.6 Å². The molecule has 0 aliphatic carbocycles. The highest BCUT2D eigenvalue weighted by Crippen LogP contribution is 2.28. The highest BCUT2D eigenvalue weighted by Gasteiger charge is 2.59. The second kappa shape index (κ2) is 7.16. The van der Waals surface area contributed by atoms with E-state index in [1.807, 2.05) is 0 Å². The van der Waals surface area contributed by atoms with Crippen molar-refractivity contribution in [2.75, 3.05) is 19.8 Å². The zero-order chi connectivity index (χ0) is 16.0. The highest BCUT2D eigenvalue weighted by molar-refractivity contribution is 6.26. The number of carbonyl (C=O) groups is 3. The SMILES string of the molecule is CCOC(=O)C1N=C(C)C(C(=O)OCC)(C(=O)OCC)O1. The molecule has 0 saturated heterocycles. The van der Waals surface area contributed by atoms with E-state index in [4.69, 9.17) is 18.9 Å². The van der Waals surface area contributed by atoms with Gasteiger partial charge in [-0.1, -0.05) is 0 Å². The van der Waals surface area contributed by atoms with Gasteiger partial charge in [-0.2, -0.15) is 0 Å². The van der Waals surface area contributed by atoms with Crippen LogP contribution in [0.25, 0.3) is 0 Å². The van der Waals surface area contributed by atoms with Crippen LogP contribution in [0, 0.1) is 0 Å². The van der Waals surface area contributed by atoms with Crippen molar-refractivity contribution in [3.05, 3.63) is 0 Å². The smallest absolute Gasteiger partial charge is 0.358 e. The van der Waals surface area contributed by atoms with Crippen molar-refractivity contribution < 1.29 is 33.3 Å². The van der Waals surface area contributed by atoms with E-state index in [2.05, 4.69) is 4.99 Å². The molecule has 0 aromatic carbocycles. The zero-order valence-corrected chi connectivity index (χ0v) is 12.5. The van der Waals surface area contributed by atoms with Crippen LogP contribution in [-0.4, -0.2) is 55.3 Å². The van der Waals surface area contributed by atoms with E-state index in [1.165, 1.54) is 6.92 Å². The lowest BCUT2D eigenvalue weighted by molar-refractivity contribution is -0.187. The van der Waals surface area contributed by atoms with Crippen molar-refractivity contribution in [3.8, 4) is 0 Å². The van der Waals surface area contributed by atoms with Gasteiger partial charge < -0.3 is 18.9 Å². The lowest BCUT2D eigenvalue weighted by atomic mass is 9.99. The third-order valence-corrected chi connectivity index (χ3v) is 2.72. The topological polar surface area (TPSA) is 100 Å². The fraction of sp³-hybridized carbons (Fsp3) is 0.692. The molecule has 0 saturated carbocycles. The summed E-state index contributed by atoms with van der Waals surface area (Å²) >= 11 is 0. The molecule has 8 heteroatoms. The first kappa shape index (κ1) is 17.1. The second-order valence-corrected chi connectivity index (χ2v) is 4.06. The molecule has 118 valence electrons. The van der Waals surface area contributed by atoms with Crippen LogP contribution >= 0.6 is 0 Å². The Labute approximate surface area is 122 Å². The number of esters is 3. The molecule has 0 amide bonds. The predicted molar refractivity (Wildman–Crippen MR) is 70.6 cm³/mol. The Kier molecular flexibility index (Phi) is 5.83. The number of hydrogen-bond acceptors (Lipinski definition) is 8. The molecular weight excluding hydrogens is 282 g/mol. The quantitative estimate of drug-likeness (QED) is 0.393. The molecule has 1 unspecified atom stereocenters. The number of ether oxygens (including phenoxy) is 4. The normalized spacial score (nSPS) is 19.6.